The average molecular weight is 610 g/mol. The lowest BCUT2D eigenvalue weighted by Crippen LogP contribution is -1.94. The third kappa shape index (κ3) is 4.33. The highest BCUT2D eigenvalue weighted by Crippen LogP contribution is 2.37. The molecule has 0 fully saturated rings. The number of hydrogen-bond acceptors (Lipinski definition) is 3. The lowest BCUT2D eigenvalue weighted by atomic mass is 9.92. The molecular weight excluding hydrogens is 583 g/mol. The summed E-state index contributed by atoms with van der Waals surface area (Å²) in [6.07, 6.45) is 0. The molecule has 0 unspecified atom stereocenters. The van der Waals surface area contributed by atoms with E-state index in [4.69, 9.17) is 15.0 Å². The van der Waals surface area contributed by atoms with Crippen molar-refractivity contribution in [1.29, 1.82) is 0 Å². The van der Waals surface area contributed by atoms with E-state index in [9.17, 15) is 0 Å². The summed E-state index contributed by atoms with van der Waals surface area (Å²) < 4.78 is 0. The summed E-state index contributed by atoms with van der Waals surface area (Å²) in [5.74, 6) is 0.654. The SMILES string of the molecule is c1ccc(-c2nc3nc(n2)c2ccc4c5ccccc5c5ccc(cc5c4c2)c2cccc(c2)c2cccc(c2)c2cccc3c2)cc1. The van der Waals surface area contributed by atoms with Gasteiger partial charge in [-0.1, -0.05) is 133 Å². The number of benzene rings is 8. The molecule has 0 atom stereocenters. The Morgan fingerprint density at radius 2 is 0.646 bits per heavy atom. The fourth-order valence-corrected chi connectivity index (χ4v) is 7.22. The van der Waals surface area contributed by atoms with Crippen LogP contribution >= 0.6 is 0 Å². The van der Waals surface area contributed by atoms with Gasteiger partial charge in [-0.05, 0) is 95.0 Å². The van der Waals surface area contributed by atoms with Gasteiger partial charge in [-0.15, -0.1) is 0 Å². The molecule has 0 aliphatic heterocycles. The molecule has 3 nitrogen and oxygen atoms in total. The van der Waals surface area contributed by atoms with Crippen molar-refractivity contribution in [1.82, 2.24) is 15.0 Å². The topological polar surface area (TPSA) is 38.7 Å². The van der Waals surface area contributed by atoms with E-state index in [1.165, 1.54) is 53.9 Å². The normalized spacial score (nSPS) is 11.8. The molecule has 10 aromatic rings. The van der Waals surface area contributed by atoms with Crippen LogP contribution in [0.15, 0.2) is 164 Å². The van der Waals surface area contributed by atoms with Crippen molar-refractivity contribution in [3.63, 3.8) is 0 Å². The van der Waals surface area contributed by atoms with Gasteiger partial charge in [0.05, 0.1) is 0 Å². The Kier molecular flexibility index (Phi) is 5.87. The first-order valence-corrected chi connectivity index (χ1v) is 16.3. The van der Waals surface area contributed by atoms with Gasteiger partial charge in [0.1, 0.15) is 0 Å². The van der Waals surface area contributed by atoms with Crippen LogP contribution in [-0.2, 0) is 0 Å². The molecule has 12 bridgehead atoms. The molecule has 0 radical (unpaired) electrons. The molecule has 0 saturated carbocycles. The van der Waals surface area contributed by atoms with Gasteiger partial charge in [0.2, 0.25) is 0 Å². The Balaban J connectivity index is 1.46. The molecule has 48 heavy (non-hydrogen) atoms. The quantitative estimate of drug-likeness (QED) is 0.174. The van der Waals surface area contributed by atoms with Gasteiger partial charge in [-0.25, -0.2) is 15.0 Å². The number of rotatable bonds is 1. The Morgan fingerprint density at radius 1 is 0.250 bits per heavy atom. The van der Waals surface area contributed by atoms with Crippen molar-refractivity contribution in [3.05, 3.63) is 164 Å². The van der Waals surface area contributed by atoms with Crippen molar-refractivity contribution in [2.45, 2.75) is 0 Å². The predicted octanol–water partition coefficient (Wildman–Crippen LogP) is 11.9. The summed E-state index contributed by atoms with van der Waals surface area (Å²) in [6.45, 7) is 0. The summed E-state index contributed by atoms with van der Waals surface area (Å²) in [4.78, 5) is 15.3. The molecule has 8 aromatic carbocycles. The molecule has 2 aromatic heterocycles. The van der Waals surface area contributed by atoms with Gasteiger partial charge in [0.15, 0.2) is 17.1 Å². The van der Waals surface area contributed by atoms with Crippen LogP contribution < -0.4 is 0 Å². The second-order valence-corrected chi connectivity index (χ2v) is 12.5. The van der Waals surface area contributed by atoms with Gasteiger partial charge in [-0.2, -0.15) is 0 Å². The fraction of sp³-hybridized carbons (Fsp3) is 0. The van der Waals surface area contributed by atoms with Gasteiger partial charge in [-0.3, -0.25) is 0 Å². The van der Waals surface area contributed by atoms with Crippen molar-refractivity contribution in [2.24, 2.45) is 0 Å². The molecule has 0 N–H and O–H groups in total. The summed E-state index contributed by atoms with van der Waals surface area (Å²) >= 11 is 0. The van der Waals surface area contributed by atoms with Crippen molar-refractivity contribution in [3.8, 4) is 11.4 Å². The van der Waals surface area contributed by atoms with E-state index in [1.54, 1.807) is 0 Å². The van der Waals surface area contributed by atoms with E-state index in [2.05, 4.69) is 146 Å². The maximum Gasteiger partial charge on any atom is 0.164 e. The van der Waals surface area contributed by atoms with Gasteiger partial charge < -0.3 is 0 Å². The zero-order valence-corrected chi connectivity index (χ0v) is 25.9. The molecule has 222 valence electrons. The first kappa shape index (κ1) is 26.7. The fourth-order valence-electron chi connectivity index (χ4n) is 7.22. The molecule has 0 aliphatic rings. The highest BCUT2D eigenvalue weighted by Gasteiger charge is 2.11. The molecule has 3 heteroatoms. The van der Waals surface area contributed by atoms with Crippen molar-refractivity contribution < 1.29 is 0 Å². The van der Waals surface area contributed by atoms with E-state index in [0.29, 0.717) is 17.1 Å². The molecule has 2 heterocycles. The van der Waals surface area contributed by atoms with Crippen LogP contribution in [0, 0.1) is 0 Å². The smallest absolute Gasteiger partial charge is 0.164 e. The largest absolute Gasteiger partial charge is 0.208 e. The van der Waals surface area contributed by atoms with Crippen LogP contribution in [0.5, 0.6) is 0 Å². The summed E-state index contributed by atoms with van der Waals surface area (Å²) in [5.41, 5.74) is 2.26. The van der Waals surface area contributed by atoms with Crippen LogP contribution in [0.25, 0.3) is 98.1 Å². The first-order chi connectivity index (χ1) is 23.7. The van der Waals surface area contributed by atoms with Crippen LogP contribution in [0.2, 0.25) is 0 Å². The molecule has 0 spiro atoms. The zero-order valence-electron chi connectivity index (χ0n) is 25.9. The second kappa shape index (κ2) is 10.5. The number of hydrogen-bond donors (Lipinski definition) is 0. The highest BCUT2D eigenvalue weighted by molar-refractivity contribution is 6.27. The van der Waals surface area contributed by atoms with E-state index in [0.717, 1.165) is 27.1 Å². The summed E-state index contributed by atoms with van der Waals surface area (Å²) in [5, 5.41) is 16.2. The van der Waals surface area contributed by atoms with E-state index >= 15 is 0 Å². The van der Waals surface area contributed by atoms with Crippen molar-refractivity contribution >= 4 is 86.7 Å². The average Bonchev–Trinajstić information content (AvgIpc) is 3.17. The lowest BCUT2D eigenvalue weighted by Gasteiger charge is -2.11. The van der Waals surface area contributed by atoms with Crippen LogP contribution in [-0.4, -0.2) is 15.0 Å². The molecule has 10 rings (SSSR count). The lowest BCUT2D eigenvalue weighted by molar-refractivity contribution is 1.18. The minimum Gasteiger partial charge on any atom is -0.208 e. The third-order valence-electron chi connectivity index (χ3n) is 9.61. The Hall–Kier alpha value is -6.45. The second-order valence-electron chi connectivity index (χ2n) is 12.5. The van der Waals surface area contributed by atoms with Crippen LogP contribution in [0.4, 0.5) is 0 Å². The molecule has 0 aliphatic carbocycles. The Morgan fingerprint density at radius 3 is 1.21 bits per heavy atom. The number of nitrogens with zero attached hydrogens (tertiary/aromatic N) is 3. The maximum atomic E-state index is 5.14. The van der Waals surface area contributed by atoms with Gasteiger partial charge in [0, 0.05) is 16.3 Å². The number of fused-ring (bicyclic) bond motifs is 18. The summed E-state index contributed by atoms with van der Waals surface area (Å²) in [6, 6.07) is 58.6. The van der Waals surface area contributed by atoms with Crippen LogP contribution in [0.1, 0.15) is 0 Å². The van der Waals surface area contributed by atoms with Crippen molar-refractivity contribution in [2.75, 3.05) is 0 Å². The van der Waals surface area contributed by atoms with Gasteiger partial charge >= 0.3 is 0 Å². The number of aromatic nitrogens is 3. The predicted molar refractivity (Wildman–Crippen MR) is 203 cm³/mol. The maximum absolute atomic E-state index is 5.14. The third-order valence-corrected chi connectivity index (χ3v) is 9.61. The standard InChI is InChI=1S/C45H27N3/c1-2-9-28(10-3-1)43-46-44-35-16-8-15-33(25-35)31-13-6-11-29(23-31)30-12-7-14-32(24-30)34-19-21-39-37-17-4-5-18-38(37)40-22-20-36(45(47-43)48-44)27-42(40)41(39)26-34/h1-27H. The first-order valence-electron chi connectivity index (χ1n) is 16.3. The Labute approximate surface area is 276 Å². The van der Waals surface area contributed by atoms with E-state index < -0.39 is 0 Å². The monoisotopic (exact) mass is 609 g/mol. The zero-order chi connectivity index (χ0) is 31.6. The molecule has 0 amide bonds. The van der Waals surface area contributed by atoms with Gasteiger partial charge in [0.25, 0.3) is 0 Å². The minimum atomic E-state index is 0.649. The highest BCUT2D eigenvalue weighted by atomic mass is 15.0. The molecule has 0 saturated heterocycles. The van der Waals surface area contributed by atoms with E-state index in [-0.39, 0.29) is 0 Å². The van der Waals surface area contributed by atoms with E-state index in [1.807, 2.05) is 18.2 Å². The minimum absolute atomic E-state index is 0.649. The Bertz CT molecular complexity index is 3000. The van der Waals surface area contributed by atoms with Crippen LogP contribution in [0.3, 0.4) is 0 Å². The summed E-state index contributed by atoms with van der Waals surface area (Å²) in [7, 11) is 0. The molecular formula is C45H27N3.